The van der Waals surface area contributed by atoms with Crippen LogP contribution in [-0.4, -0.2) is 24.1 Å². The Bertz CT molecular complexity index is 381. The first-order chi connectivity index (χ1) is 7.00. The number of aliphatic hydroxyl groups is 1. The van der Waals surface area contributed by atoms with E-state index in [1.807, 2.05) is 0 Å². The minimum absolute atomic E-state index is 0.00796. The lowest BCUT2D eigenvalue weighted by molar-refractivity contribution is -0.0829. The summed E-state index contributed by atoms with van der Waals surface area (Å²) < 4.78 is 39.4. The average molecular weight is 217 g/mol. The van der Waals surface area contributed by atoms with Crippen LogP contribution in [0.5, 0.6) is 0 Å². The molecule has 1 saturated heterocycles. The van der Waals surface area contributed by atoms with Crippen molar-refractivity contribution in [3.05, 3.63) is 35.4 Å². The Hall–Kier alpha value is -1.07. The summed E-state index contributed by atoms with van der Waals surface area (Å²) in [7, 11) is 0. The summed E-state index contributed by atoms with van der Waals surface area (Å²) in [5.74, 6) is -5.01. The Morgan fingerprint density at radius 3 is 2.67 bits per heavy atom. The van der Waals surface area contributed by atoms with Crippen LogP contribution >= 0.6 is 0 Å². The van der Waals surface area contributed by atoms with Crippen molar-refractivity contribution in [1.82, 2.24) is 5.32 Å². The molecule has 1 heterocycles. The molecule has 0 aromatic heterocycles. The molecule has 0 radical (unpaired) electrons. The zero-order valence-corrected chi connectivity index (χ0v) is 7.80. The molecule has 0 aliphatic carbocycles. The molecular formula is C10H10F3NO. The van der Waals surface area contributed by atoms with Gasteiger partial charge in [-0.1, -0.05) is 6.07 Å². The van der Waals surface area contributed by atoms with Crippen molar-refractivity contribution in [1.29, 1.82) is 0 Å². The van der Waals surface area contributed by atoms with Crippen molar-refractivity contribution in [2.24, 2.45) is 0 Å². The fourth-order valence-electron chi connectivity index (χ4n) is 1.80. The van der Waals surface area contributed by atoms with Gasteiger partial charge in [-0.25, -0.2) is 13.2 Å². The van der Waals surface area contributed by atoms with E-state index in [9.17, 15) is 18.3 Å². The van der Waals surface area contributed by atoms with Gasteiger partial charge in [-0.15, -0.1) is 0 Å². The van der Waals surface area contributed by atoms with Gasteiger partial charge in [-0.05, 0) is 11.6 Å². The molecule has 5 heteroatoms. The largest absolute Gasteiger partial charge is 0.360 e. The molecule has 0 bridgehead atoms. The van der Waals surface area contributed by atoms with Crippen LogP contribution in [0.2, 0.25) is 0 Å². The maximum absolute atomic E-state index is 13.5. The third-order valence-electron chi connectivity index (χ3n) is 2.59. The Morgan fingerprint density at radius 2 is 2.13 bits per heavy atom. The number of β-amino-alcohol motifs (C(OH)–C–C–N with tert-alkyl or cyclic N) is 1. The molecule has 2 atom stereocenters. The molecule has 1 fully saturated rings. The predicted octanol–water partition coefficient (Wildman–Crippen LogP) is 1.31. The van der Waals surface area contributed by atoms with E-state index in [0.29, 0.717) is 6.07 Å². The Kier molecular flexibility index (Phi) is 2.44. The highest BCUT2D eigenvalue weighted by Crippen LogP contribution is 2.34. The SMILES string of the molecule is O[C@]1(F)CNC[C@H]1c1ccc(F)cc1F. The van der Waals surface area contributed by atoms with Crippen LogP contribution in [0.4, 0.5) is 13.2 Å². The summed E-state index contributed by atoms with van der Waals surface area (Å²) in [6.45, 7) is -0.107. The number of hydrogen-bond acceptors (Lipinski definition) is 2. The second-order valence-corrected chi connectivity index (χ2v) is 3.67. The van der Waals surface area contributed by atoms with Crippen molar-refractivity contribution in [3.8, 4) is 0 Å². The van der Waals surface area contributed by atoms with Gasteiger partial charge in [0, 0.05) is 12.6 Å². The predicted molar refractivity (Wildman–Crippen MR) is 48.0 cm³/mol. The first-order valence-electron chi connectivity index (χ1n) is 4.57. The summed E-state index contributed by atoms with van der Waals surface area (Å²) in [5.41, 5.74) is -0.00796. The van der Waals surface area contributed by atoms with Crippen LogP contribution in [0, 0.1) is 11.6 Å². The van der Waals surface area contributed by atoms with E-state index >= 15 is 0 Å². The van der Waals surface area contributed by atoms with Gasteiger partial charge < -0.3 is 10.4 Å². The smallest absolute Gasteiger partial charge is 0.227 e. The molecule has 1 aliphatic rings. The second kappa shape index (κ2) is 3.50. The number of benzene rings is 1. The summed E-state index contributed by atoms with van der Waals surface area (Å²) in [4.78, 5) is 0. The van der Waals surface area contributed by atoms with Crippen molar-refractivity contribution in [2.45, 2.75) is 11.8 Å². The Morgan fingerprint density at radius 1 is 1.40 bits per heavy atom. The molecule has 0 unspecified atom stereocenters. The first-order valence-corrected chi connectivity index (χ1v) is 4.57. The van der Waals surface area contributed by atoms with Crippen LogP contribution in [0.1, 0.15) is 11.5 Å². The third kappa shape index (κ3) is 1.85. The van der Waals surface area contributed by atoms with Crippen LogP contribution in [0.25, 0.3) is 0 Å². The normalized spacial score (nSPS) is 30.8. The number of alkyl halides is 1. The quantitative estimate of drug-likeness (QED) is 0.743. The van der Waals surface area contributed by atoms with Crippen molar-refractivity contribution < 1.29 is 18.3 Å². The van der Waals surface area contributed by atoms with E-state index in [1.165, 1.54) is 0 Å². The zero-order valence-electron chi connectivity index (χ0n) is 7.80. The van der Waals surface area contributed by atoms with Gasteiger partial charge in [0.2, 0.25) is 5.85 Å². The van der Waals surface area contributed by atoms with Crippen LogP contribution in [0.3, 0.4) is 0 Å². The Labute approximate surface area is 84.7 Å². The molecule has 2 N–H and O–H groups in total. The highest BCUT2D eigenvalue weighted by molar-refractivity contribution is 5.26. The van der Waals surface area contributed by atoms with Crippen molar-refractivity contribution >= 4 is 0 Å². The van der Waals surface area contributed by atoms with Gasteiger partial charge in [0.1, 0.15) is 11.6 Å². The Balaban J connectivity index is 2.37. The molecule has 0 amide bonds. The van der Waals surface area contributed by atoms with Crippen LogP contribution < -0.4 is 5.32 Å². The molecule has 15 heavy (non-hydrogen) atoms. The molecule has 1 aromatic carbocycles. The second-order valence-electron chi connectivity index (χ2n) is 3.67. The van der Waals surface area contributed by atoms with E-state index in [1.54, 1.807) is 0 Å². The first kappa shape index (κ1) is 10.4. The fraction of sp³-hybridized carbons (Fsp3) is 0.400. The van der Waals surface area contributed by atoms with Crippen molar-refractivity contribution in [2.75, 3.05) is 13.1 Å². The van der Waals surface area contributed by atoms with E-state index < -0.39 is 23.4 Å². The minimum Gasteiger partial charge on any atom is -0.360 e. The van der Waals surface area contributed by atoms with Gasteiger partial charge >= 0.3 is 0 Å². The summed E-state index contributed by atoms with van der Waals surface area (Å²) in [5, 5.41) is 11.9. The van der Waals surface area contributed by atoms with Gasteiger partial charge in [0.25, 0.3) is 0 Å². The molecule has 82 valence electrons. The lowest BCUT2D eigenvalue weighted by atomic mass is 9.94. The van der Waals surface area contributed by atoms with Gasteiger partial charge in [0.05, 0.1) is 12.5 Å². The van der Waals surface area contributed by atoms with E-state index in [-0.39, 0.29) is 18.7 Å². The number of halogens is 3. The summed E-state index contributed by atoms with van der Waals surface area (Å²) in [6, 6.07) is 2.89. The van der Waals surface area contributed by atoms with E-state index in [4.69, 9.17) is 0 Å². The zero-order chi connectivity index (χ0) is 11.1. The average Bonchev–Trinajstić information content (AvgIpc) is 2.46. The topological polar surface area (TPSA) is 32.3 Å². The molecule has 2 rings (SSSR count). The fourth-order valence-corrected chi connectivity index (χ4v) is 1.80. The third-order valence-corrected chi connectivity index (χ3v) is 2.59. The monoisotopic (exact) mass is 217 g/mol. The lowest BCUT2D eigenvalue weighted by Gasteiger charge is -2.20. The van der Waals surface area contributed by atoms with Gasteiger partial charge in [-0.2, -0.15) is 0 Å². The summed E-state index contributed by atoms with van der Waals surface area (Å²) >= 11 is 0. The lowest BCUT2D eigenvalue weighted by Crippen LogP contribution is -2.31. The maximum atomic E-state index is 13.5. The van der Waals surface area contributed by atoms with Crippen LogP contribution in [-0.2, 0) is 0 Å². The molecule has 1 aliphatic heterocycles. The van der Waals surface area contributed by atoms with E-state index in [2.05, 4.69) is 5.32 Å². The van der Waals surface area contributed by atoms with Gasteiger partial charge in [-0.3, -0.25) is 0 Å². The molecular weight excluding hydrogens is 207 g/mol. The molecule has 0 saturated carbocycles. The molecule has 0 spiro atoms. The number of nitrogens with one attached hydrogen (secondary N) is 1. The number of rotatable bonds is 1. The maximum Gasteiger partial charge on any atom is 0.227 e. The summed E-state index contributed by atoms with van der Waals surface area (Å²) in [6.07, 6.45) is 0. The standard InChI is InChI=1S/C10H10F3NO/c11-6-1-2-7(9(12)3-6)8-4-14-5-10(8,13)15/h1-3,8,14-15H,4-5H2/t8-,10+/m0/s1. The van der Waals surface area contributed by atoms with Crippen molar-refractivity contribution in [3.63, 3.8) is 0 Å². The minimum atomic E-state index is -2.47. The highest BCUT2D eigenvalue weighted by Gasteiger charge is 2.43. The van der Waals surface area contributed by atoms with Gasteiger partial charge in [0.15, 0.2) is 0 Å². The molecule has 2 nitrogen and oxygen atoms in total. The number of hydrogen-bond donors (Lipinski definition) is 2. The van der Waals surface area contributed by atoms with Crippen LogP contribution in [0.15, 0.2) is 18.2 Å². The molecule has 1 aromatic rings. The van der Waals surface area contributed by atoms with E-state index in [0.717, 1.165) is 12.1 Å². The highest BCUT2D eigenvalue weighted by atomic mass is 19.2.